The summed E-state index contributed by atoms with van der Waals surface area (Å²) in [6, 6.07) is 23.0. The first kappa shape index (κ1) is 20.5. The van der Waals surface area contributed by atoms with E-state index in [0.717, 1.165) is 15.8 Å². The maximum absolute atomic E-state index is 13.3. The van der Waals surface area contributed by atoms with Crippen LogP contribution in [0.5, 0.6) is 0 Å². The monoisotopic (exact) mass is 453 g/mol. The highest BCUT2D eigenvalue weighted by molar-refractivity contribution is 8.00. The third-order valence-corrected chi connectivity index (χ3v) is 6.63. The van der Waals surface area contributed by atoms with Crippen molar-refractivity contribution in [1.82, 2.24) is 9.78 Å². The van der Waals surface area contributed by atoms with Crippen molar-refractivity contribution < 1.29 is 9.18 Å². The summed E-state index contributed by atoms with van der Waals surface area (Å²) in [5.74, 6) is 0.109. The molecule has 0 unspecified atom stereocenters. The van der Waals surface area contributed by atoms with E-state index in [-0.39, 0.29) is 5.91 Å². The van der Waals surface area contributed by atoms with Crippen molar-refractivity contribution in [2.75, 3.05) is 5.32 Å². The SMILES string of the molecule is O=C(Nc1cccc(F)c1)c1ccc(-n2nc(SCc3ccccc3)sc2=S)cc1. The Balaban J connectivity index is 1.45. The molecule has 0 fully saturated rings. The number of anilines is 1. The molecular weight excluding hydrogens is 437 g/mol. The van der Waals surface area contributed by atoms with Crippen LogP contribution in [0.2, 0.25) is 0 Å². The molecule has 0 saturated heterocycles. The lowest BCUT2D eigenvalue weighted by molar-refractivity contribution is 0.102. The molecule has 1 heterocycles. The Hall–Kier alpha value is -2.81. The molecule has 4 nitrogen and oxygen atoms in total. The van der Waals surface area contributed by atoms with E-state index < -0.39 is 5.82 Å². The smallest absolute Gasteiger partial charge is 0.255 e. The minimum atomic E-state index is -0.401. The van der Waals surface area contributed by atoms with Gasteiger partial charge in [-0.25, -0.2) is 9.07 Å². The summed E-state index contributed by atoms with van der Waals surface area (Å²) in [6.07, 6.45) is 0. The van der Waals surface area contributed by atoms with Gasteiger partial charge in [0.15, 0.2) is 8.29 Å². The largest absolute Gasteiger partial charge is 0.322 e. The quantitative estimate of drug-likeness (QED) is 0.273. The van der Waals surface area contributed by atoms with Crippen LogP contribution in [0.3, 0.4) is 0 Å². The fourth-order valence-corrected chi connectivity index (χ4v) is 5.04. The minimum absolute atomic E-state index is 0.312. The molecule has 1 N–H and O–H groups in total. The zero-order valence-electron chi connectivity index (χ0n) is 15.6. The second-order valence-electron chi connectivity index (χ2n) is 6.33. The molecule has 4 aromatic rings. The van der Waals surface area contributed by atoms with Gasteiger partial charge in [0.25, 0.3) is 5.91 Å². The number of aromatic nitrogens is 2. The molecule has 0 bridgehead atoms. The van der Waals surface area contributed by atoms with Gasteiger partial charge in [0.05, 0.1) is 5.69 Å². The topological polar surface area (TPSA) is 46.9 Å². The van der Waals surface area contributed by atoms with Crippen molar-refractivity contribution in [3.05, 3.63) is 99.8 Å². The average molecular weight is 454 g/mol. The van der Waals surface area contributed by atoms with Gasteiger partial charge < -0.3 is 5.32 Å². The Morgan fingerprint density at radius 1 is 1.07 bits per heavy atom. The van der Waals surface area contributed by atoms with E-state index in [2.05, 4.69) is 22.5 Å². The number of thioether (sulfide) groups is 1. The van der Waals surface area contributed by atoms with Crippen LogP contribution >= 0.6 is 35.3 Å². The van der Waals surface area contributed by atoms with Crippen LogP contribution in [0, 0.1) is 9.77 Å². The molecule has 30 heavy (non-hydrogen) atoms. The van der Waals surface area contributed by atoms with E-state index >= 15 is 0 Å². The zero-order chi connectivity index (χ0) is 20.9. The second-order valence-corrected chi connectivity index (χ2v) is 9.18. The third-order valence-electron chi connectivity index (χ3n) is 4.19. The summed E-state index contributed by atoms with van der Waals surface area (Å²) in [5, 5.41) is 7.28. The number of carbonyl (C=O) groups is 1. The maximum atomic E-state index is 13.3. The van der Waals surface area contributed by atoms with Gasteiger partial charge in [0.1, 0.15) is 5.82 Å². The molecule has 1 aromatic heterocycles. The van der Waals surface area contributed by atoms with Gasteiger partial charge in [-0.1, -0.05) is 59.5 Å². The van der Waals surface area contributed by atoms with Gasteiger partial charge >= 0.3 is 0 Å². The second kappa shape index (κ2) is 9.34. The van der Waals surface area contributed by atoms with Crippen molar-refractivity contribution in [2.24, 2.45) is 0 Å². The number of rotatable bonds is 6. The highest BCUT2D eigenvalue weighted by Gasteiger charge is 2.10. The molecule has 8 heteroatoms. The van der Waals surface area contributed by atoms with Gasteiger partial charge in [-0.15, -0.1) is 5.10 Å². The lowest BCUT2D eigenvalue weighted by Gasteiger charge is -2.06. The Kier molecular flexibility index (Phi) is 6.37. The summed E-state index contributed by atoms with van der Waals surface area (Å²) in [4.78, 5) is 12.4. The molecule has 4 rings (SSSR count). The average Bonchev–Trinajstić information content (AvgIpc) is 3.13. The molecule has 0 aliphatic rings. The number of nitrogens with one attached hydrogen (secondary N) is 1. The normalized spacial score (nSPS) is 10.7. The number of amides is 1. The number of halogens is 1. The Bertz CT molecular complexity index is 1220. The molecule has 0 atom stereocenters. The van der Waals surface area contributed by atoms with Gasteiger partial charge in [0.2, 0.25) is 0 Å². The van der Waals surface area contributed by atoms with Crippen molar-refractivity contribution in [1.29, 1.82) is 0 Å². The van der Waals surface area contributed by atoms with E-state index in [1.807, 2.05) is 18.2 Å². The van der Waals surface area contributed by atoms with Gasteiger partial charge in [0, 0.05) is 17.0 Å². The first-order valence-electron chi connectivity index (χ1n) is 9.03. The Labute approximate surface area is 186 Å². The van der Waals surface area contributed by atoms with E-state index in [9.17, 15) is 9.18 Å². The summed E-state index contributed by atoms with van der Waals surface area (Å²) < 4.78 is 16.5. The molecule has 1 amide bonds. The minimum Gasteiger partial charge on any atom is -0.322 e. The van der Waals surface area contributed by atoms with Crippen LogP contribution in [0.1, 0.15) is 15.9 Å². The molecule has 3 aromatic carbocycles. The van der Waals surface area contributed by atoms with E-state index in [4.69, 9.17) is 12.2 Å². The van der Waals surface area contributed by atoms with Crippen molar-refractivity contribution >= 4 is 46.9 Å². The van der Waals surface area contributed by atoms with Crippen molar-refractivity contribution in [2.45, 2.75) is 10.1 Å². The predicted octanol–water partition coefficient (Wildman–Crippen LogP) is 6.35. The number of carbonyl (C=O) groups excluding carboxylic acids is 1. The summed E-state index contributed by atoms with van der Waals surface area (Å²) >= 11 is 8.56. The highest BCUT2D eigenvalue weighted by atomic mass is 32.2. The van der Waals surface area contributed by atoms with Crippen molar-refractivity contribution in [3.8, 4) is 5.69 Å². The third kappa shape index (κ3) is 5.02. The fraction of sp³-hybridized carbons (Fsp3) is 0.0455. The Morgan fingerprint density at radius 3 is 2.57 bits per heavy atom. The van der Waals surface area contributed by atoms with Crippen LogP contribution in [0.15, 0.2) is 83.2 Å². The Morgan fingerprint density at radius 2 is 1.83 bits per heavy atom. The predicted molar refractivity (Wildman–Crippen MR) is 123 cm³/mol. The van der Waals surface area contributed by atoms with Crippen LogP contribution in [0.4, 0.5) is 10.1 Å². The van der Waals surface area contributed by atoms with Crippen LogP contribution < -0.4 is 5.32 Å². The molecule has 0 saturated carbocycles. The molecule has 150 valence electrons. The van der Waals surface area contributed by atoms with Gasteiger partial charge in [-0.2, -0.15) is 0 Å². The molecule has 0 spiro atoms. The summed E-state index contributed by atoms with van der Waals surface area (Å²) in [5.41, 5.74) is 2.88. The van der Waals surface area contributed by atoms with Crippen LogP contribution in [-0.2, 0) is 5.75 Å². The highest BCUT2D eigenvalue weighted by Crippen LogP contribution is 2.27. The van der Waals surface area contributed by atoms with Gasteiger partial charge in [-0.05, 0) is 60.2 Å². The van der Waals surface area contributed by atoms with Crippen LogP contribution in [0.25, 0.3) is 5.69 Å². The number of nitrogens with zero attached hydrogens (tertiary/aromatic N) is 2. The van der Waals surface area contributed by atoms with E-state index in [1.165, 1.54) is 29.0 Å². The van der Waals surface area contributed by atoms with Crippen LogP contribution in [-0.4, -0.2) is 15.7 Å². The number of benzene rings is 3. The molecule has 0 aliphatic heterocycles. The molecular formula is C22H16FN3OS3. The zero-order valence-corrected chi connectivity index (χ0v) is 18.1. The standard InChI is InChI=1S/C22H16FN3OS3/c23-17-7-4-8-18(13-17)24-20(27)16-9-11-19(12-10-16)26-22(28)30-21(25-26)29-14-15-5-2-1-3-6-15/h1-13H,14H2,(H,24,27). The summed E-state index contributed by atoms with van der Waals surface area (Å²) in [6.45, 7) is 0. The van der Waals surface area contributed by atoms with E-state index in [1.54, 1.807) is 52.8 Å². The molecule has 0 radical (unpaired) electrons. The lowest BCUT2D eigenvalue weighted by atomic mass is 10.2. The maximum Gasteiger partial charge on any atom is 0.255 e. The summed E-state index contributed by atoms with van der Waals surface area (Å²) in [7, 11) is 0. The molecule has 0 aliphatic carbocycles. The first-order chi connectivity index (χ1) is 14.6. The lowest BCUT2D eigenvalue weighted by Crippen LogP contribution is -2.12. The first-order valence-corrected chi connectivity index (χ1v) is 11.2. The van der Waals surface area contributed by atoms with E-state index in [0.29, 0.717) is 15.2 Å². The van der Waals surface area contributed by atoms with Crippen molar-refractivity contribution in [3.63, 3.8) is 0 Å². The fourth-order valence-electron chi connectivity index (χ4n) is 2.73. The number of hydrogen-bond donors (Lipinski definition) is 1. The van der Waals surface area contributed by atoms with Gasteiger partial charge in [-0.3, -0.25) is 4.79 Å². The number of hydrogen-bond acceptors (Lipinski definition) is 5.